The Bertz CT molecular complexity index is 488. The first-order valence-corrected chi connectivity index (χ1v) is 7.02. The first-order valence-electron chi connectivity index (χ1n) is 4.32. The SMILES string of the molecule is c1cc(-c2nnc(-c3ccsc3)s2)cs1. The standard InChI is InChI=1S/C10H6N2S3/c1-3-13-5-7(1)9-11-12-10(15-9)8-2-4-14-6-8/h1-6H. The van der Waals surface area contributed by atoms with Crippen molar-refractivity contribution in [3.8, 4) is 21.1 Å². The van der Waals surface area contributed by atoms with Crippen LogP contribution in [0.2, 0.25) is 0 Å². The molecule has 0 bridgehead atoms. The minimum atomic E-state index is 0.998. The average Bonchev–Trinajstić information content (AvgIpc) is 3.02. The van der Waals surface area contributed by atoms with E-state index in [0.717, 1.165) is 10.0 Å². The van der Waals surface area contributed by atoms with Crippen molar-refractivity contribution < 1.29 is 0 Å². The lowest BCUT2D eigenvalue weighted by Gasteiger charge is -1.85. The molecule has 0 atom stereocenters. The van der Waals surface area contributed by atoms with Gasteiger partial charge in [0.15, 0.2) is 0 Å². The van der Waals surface area contributed by atoms with E-state index >= 15 is 0 Å². The quantitative estimate of drug-likeness (QED) is 0.687. The molecule has 15 heavy (non-hydrogen) atoms. The summed E-state index contributed by atoms with van der Waals surface area (Å²) in [5, 5.41) is 18.7. The van der Waals surface area contributed by atoms with Gasteiger partial charge in [0, 0.05) is 21.9 Å². The molecule has 3 heterocycles. The Kier molecular flexibility index (Phi) is 2.36. The summed E-state index contributed by atoms with van der Waals surface area (Å²) in [6, 6.07) is 4.14. The number of thiophene rings is 2. The van der Waals surface area contributed by atoms with E-state index in [1.54, 1.807) is 34.0 Å². The second kappa shape index (κ2) is 3.84. The highest BCUT2D eigenvalue weighted by molar-refractivity contribution is 7.18. The molecule has 3 aromatic rings. The van der Waals surface area contributed by atoms with Crippen molar-refractivity contribution in [3.05, 3.63) is 33.7 Å². The Hall–Kier alpha value is -1.04. The van der Waals surface area contributed by atoms with E-state index < -0.39 is 0 Å². The molecule has 0 aliphatic rings. The fraction of sp³-hybridized carbons (Fsp3) is 0. The predicted octanol–water partition coefficient (Wildman–Crippen LogP) is 4.00. The van der Waals surface area contributed by atoms with Crippen LogP contribution in [0.25, 0.3) is 21.1 Å². The van der Waals surface area contributed by atoms with Crippen LogP contribution in [0.15, 0.2) is 33.7 Å². The smallest absolute Gasteiger partial charge is 0.148 e. The highest BCUT2D eigenvalue weighted by atomic mass is 32.1. The van der Waals surface area contributed by atoms with E-state index in [2.05, 4.69) is 43.9 Å². The van der Waals surface area contributed by atoms with Gasteiger partial charge in [-0.15, -0.1) is 10.2 Å². The van der Waals surface area contributed by atoms with Crippen molar-refractivity contribution in [3.63, 3.8) is 0 Å². The van der Waals surface area contributed by atoms with E-state index in [1.165, 1.54) is 11.1 Å². The molecular formula is C10H6N2S3. The van der Waals surface area contributed by atoms with Gasteiger partial charge in [0.25, 0.3) is 0 Å². The summed E-state index contributed by atoms with van der Waals surface area (Å²) in [4.78, 5) is 0. The molecule has 0 radical (unpaired) electrons. The van der Waals surface area contributed by atoms with E-state index in [9.17, 15) is 0 Å². The summed E-state index contributed by atoms with van der Waals surface area (Å²) < 4.78 is 0. The summed E-state index contributed by atoms with van der Waals surface area (Å²) in [5.74, 6) is 0. The van der Waals surface area contributed by atoms with Gasteiger partial charge in [-0.05, 0) is 22.9 Å². The van der Waals surface area contributed by atoms with E-state index in [1.807, 2.05) is 0 Å². The molecule has 74 valence electrons. The molecule has 0 aliphatic heterocycles. The molecule has 0 aromatic carbocycles. The molecule has 0 fully saturated rings. The fourth-order valence-electron chi connectivity index (χ4n) is 1.23. The number of nitrogens with zero attached hydrogens (tertiary/aromatic N) is 2. The maximum absolute atomic E-state index is 4.19. The lowest BCUT2D eigenvalue weighted by Crippen LogP contribution is -1.72. The molecule has 0 N–H and O–H groups in total. The van der Waals surface area contributed by atoms with E-state index in [-0.39, 0.29) is 0 Å². The van der Waals surface area contributed by atoms with Crippen LogP contribution in [0.5, 0.6) is 0 Å². The lowest BCUT2D eigenvalue weighted by atomic mass is 10.4. The zero-order valence-electron chi connectivity index (χ0n) is 7.58. The highest BCUT2D eigenvalue weighted by Gasteiger charge is 2.08. The Morgan fingerprint density at radius 1 is 0.800 bits per heavy atom. The molecule has 0 aliphatic carbocycles. The number of rotatable bonds is 2. The average molecular weight is 250 g/mol. The maximum atomic E-state index is 4.19. The van der Waals surface area contributed by atoms with Crippen molar-refractivity contribution in [1.29, 1.82) is 0 Å². The highest BCUT2D eigenvalue weighted by Crippen LogP contribution is 2.31. The molecular weight excluding hydrogens is 244 g/mol. The number of hydrogen-bond donors (Lipinski definition) is 0. The van der Waals surface area contributed by atoms with Gasteiger partial charge in [0.2, 0.25) is 0 Å². The first-order chi connectivity index (χ1) is 7.43. The zero-order valence-corrected chi connectivity index (χ0v) is 10.0. The first kappa shape index (κ1) is 9.21. The van der Waals surface area contributed by atoms with E-state index in [4.69, 9.17) is 0 Å². The van der Waals surface area contributed by atoms with Gasteiger partial charge in [0.05, 0.1) is 0 Å². The summed E-state index contributed by atoms with van der Waals surface area (Å²) in [6.45, 7) is 0. The zero-order chi connectivity index (χ0) is 10.1. The molecule has 3 aromatic heterocycles. The minimum absolute atomic E-state index is 0.998. The van der Waals surface area contributed by atoms with Crippen LogP contribution in [0, 0.1) is 0 Å². The Morgan fingerprint density at radius 3 is 1.73 bits per heavy atom. The molecule has 0 saturated heterocycles. The largest absolute Gasteiger partial charge is 0.152 e. The van der Waals surface area contributed by atoms with Gasteiger partial charge >= 0.3 is 0 Å². The number of hydrogen-bond acceptors (Lipinski definition) is 5. The summed E-state index contributed by atoms with van der Waals surface area (Å²) in [7, 11) is 0. The van der Waals surface area contributed by atoms with Crippen molar-refractivity contribution in [2.75, 3.05) is 0 Å². The minimum Gasteiger partial charge on any atom is -0.152 e. The van der Waals surface area contributed by atoms with Gasteiger partial charge in [-0.25, -0.2) is 0 Å². The van der Waals surface area contributed by atoms with Crippen molar-refractivity contribution >= 4 is 34.0 Å². The maximum Gasteiger partial charge on any atom is 0.148 e. The molecule has 5 heteroatoms. The predicted molar refractivity (Wildman–Crippen MR) is 66.5 cm³/mol. The van der Waals surface area contributed by atoms with Gasteiger partial charge in [-0.2, -0.15) is 22.7 Å². The fourth-order valence-corrected chi connectivity index (χ4v) is 3.50. The summed E-state index contributed by atoms with van der Waals surface area (Å²) in [5.41, 5.74) is 2.33. The van der Waals surface area contributed by atoms with Crippen LogP contribution >= 0.6 is 34.0 Å². The van der Waals surface area contributed by atoms with Gasteiger partial charge in [-0.1, -0.05) is 11.3 Å². The Morgan fingerprint density at radius 2 is 1.33 bits per heavy atom. The van der Waals surface area contributed by atoms with E-state index in [0.29, 0.717) is 0 Å². The Labute approximate surface area is 98.9 Å². The summed E-state index contributed by atoms with van der Waals surface area (Å²) >= 11 is 5.00. The van der Waals surface area contributed by atoms with Crippen molar-refractivity contribution in [1.82, 2.24) is 10.2 Å². The molecule has 0 saturated carbocycles. The van der Waals surface area contributed by atoms with Crippen LogP contribution in [-0.4, -0.2) is 10.2 Å². The van der Waals surface area contributed by atoms with Crippen LogP contribution in [-0.2, 0) is 0 Å². The second-order valence-corrected chi connectivity index (χ2v) is 5.47. The second-order valence-electron chi connectivity index (χ2n) is 2.94. The molecule has 0 amide bonds. The Balaban J connectivity index is 2.02. The third-order valence-electron chi connectivity index (χ3n) is 1.96. The normalized spacial score (nSPS) is 10.7. The van der Waals surface area contributed by atoms with Crippen molar-refractivity contribution in [2.24, 2.45) is 0 Å². The molecule has 3 rings (SSSR count). The lowest BCUT2D eigenvalue weighted by molar-refractivity contribution is 1.10. The number of aromatic nitrogens is 2. The van der Waals surface area contributed by atoms with Crippen molar-refractivity contribution in [2.45, 2.75) is 0 Å². The van der Waals surface area contributed by atoms with Gasteiger partial charge in [-0.3, -0.25) is 0 Å². The van der Waals surface area contributed by atoms with Gasteiger partial charge < -0.3 is 0 Å². The van der Waals surface area contributed by atoms with Crippen LogP contribution in [0.1, 0.15) is 0 Å². The molecule has 2 nitrogen and oxygen atoms in total. The van der Waals surface area contributed by atoms with Crippen LogP contribution < -0.4 is 0 Å². The van der Waals surface area contributed by atoms with Gasteiger partial charge in [0.1, 0.15) is 10.0 Å². The van der Waals surface area contributed by atoms with Crippen LogP contribution in [0.3, 0.4) is 0 Å². The van der Waals surface area contributed by atoms with Crippen LogP contribution in [0.4, 0.5) is 0 Å². The monoisotopic (exact) mass is 250 g/mol. The topological polar surface area (TPSA) is 25.8 Å². The molecule has 0 unspecified atom stereocenters. The third kappa shape index (κ3) is 1.73. The summed E-state index contributed by atoms with van der Waals surface area (Å²) in [6.07, 6.45) is 0. The third-order valence-corrected chi connectivity index (χ3v) is 4.35. The molecule has 0 spiro atoms.